The van der Waals surface area contributed by atoms with Crippen molar-refractivity contribution in [2.24, 2.45) is 10.8 Å². The summed E-state index contributed by atoms with van der Waals surface area (Å²) in [6.45, 7) is 13.7. The lowest BCUT2D eigenvalue weighted by Crippen LogP contribution is -2.58. The van der Waals surface area contributed by atoms with Gasteiger partial charge in [0.2, 0.25) is 17.7 Å². The van der Waals surface area contributed by atoms with Crippen molar-refractivity contribution in [1.82, 2.24) is 46.1 Å². The number of hydrogen-bond acceptors (Lipinski definition) is 12. The normalized spacial score (nSPS) is 25.0. The second-order valence-corrected chi connectivity index (χ2v) is 22.6. The Hall–Kier alpha value is -3.58. The molecule has 0 radical (unpaired) electrons. The van der Waals surface area contributed by atoms with Crippen molar-refractivity contribution in [2.45, 2.75) is 140 Å². The number of ether oxygens (including phenoxy) is 2. The molecule has 0 spiro atoms. The molecule has 3 amide bonds. The van der Waals surface area contributed by atoms with Crippen LogP contribution in [0.4, 0.5) is 0 Å². The molecular formula is C49H71N9O5S3. The molecule has 8 atom stereocenters. The second kappa shape index (κ2) is 23.1. The zero-order chi connectivity index (χ0) is 46.8. The number of thiocarbonyl (C=S) groups is 1. The molecule has 4 N–H and O–H groups in total. The minimum absolute atomic E-state index is 0.0315. The van der Waals surface area contributed by atoms with E-state index in [1.807, 2.05) is 77.9 Å². The lowest BCUT2D eigenvalue weighted by Gasteiger charge is -2.35. The summed E-state index contributed by atoms with van der Waals surface area (Å²) in [5.41, 5.74) is 2.42. The third-order valence-corrected chi connectivity index (χ3v) is 16.7. The highest BCUT2D eigenvalue weighted by atomic mass is 32.2. The fourth-order valence-electron chi connectivity index (χ4n) is 9.95. The molecule has 360 valence electrons. The van der Waals surface area contributed by atoms with E-state index in [4.69, 9.17) is 21.7 Å². The van der Waals surface area contributed by atoms with Crippen LogP contribution in [-0.4, -0.2) is 127 Å². The molecule has 7 rings (SSSR count). The molecule has 4 fully saturated rings. The number of rotatable bonds is 21. The van der Waals surface area contributed by atoms with Crippen LogP contribution in [0.1, 0.15) is 108 Å². The summed E-state index contributed by atoms with van der Waals surface area (Å²) < 4.78 is 14.3. The summed E-state index contributed by atoms with van der Waals surface area (Å²) in [7, 11) is 1.84. The number of likely N-dealkylation sites (N-methyl/N-ethyl adjacent to an activating group) is 1. The number of fused-ring (bicyclic) bond motifs is 2. The Morgan fingerprint density at radius 2 is 1.58 bits per heavy atom. The maximum Gasteiger partial charge on any atom is 0.246 e. The largest absolute Gasteiger partial charge is 0.379 e. The highest BCUT2D eigenvalue weighted by Gasteiger charge is 2.55. The van der Waals surface area contributed by atoms with Gasteiger partial charge >= 0.3 is 0 Å². The number of aryl methyl sites for hydroxylation is 1. The molecule has 66 heavy (non-hydrogen) atoms. The van der Waals surface area contributed by atoms with E-state index in [0.717, 1.165) is 49.3 Å². The molecule has 14 nitrogen and oxygen atoms in total. The van der Waals surface area contributed by atoms with Crippen molar-refractivity contribution < 1.29 is 23.9 Å². The summed E-state index contributed by atoms with van der Waals surface area (Å²) in [5, 5.41) is 22.4. The first-order valence-corrected chi connectivity index (χ1v) is 26.3. The van der Waals surface area contributed by atoms with Crippen LogP contribution in [0, 0.1) is 10.8 Å². The molecule has 0 bridgehead atoms. The van der Waals surface area contributed by atoms with Crippen molar-refractivity contribution in [1.29, 1.82) is 0 Å². The van der Waals surface area contributed by atoms with E-state index < -0.39 is 23.5 Å². The molecule has 5 heterocycles. The fraction of sp³-hybridized carbons (Fsp3) is 0.633. The summed E-state index contributed by atoms with van der Waals surface area (Å²) in [6.07, 6.45) is 7.58. The van der Waals surface area contributed by atoms with Gasteiger partial charge in [-0.3, -0.25) is 19.1 Å². The van der Waals surface area contributed by atoms with Gasteiger partial charge < -0.3 is 40.5 Å². The van der Waals surface area contributed by atoms with E-state index in [-0.39, 0.29) is 53.9 Å². The first-order valence-electron chi connectivity index (χ1n) is 23.8. The van der Waals surface area contributed by atoms with E-state index in [0.29, 0.717) is 61.0 Å². The molecule has 4 aliphatic heterocycles. The highest BCUT2D eigenvalue weighted by molar-refractivity contribution is 8.00. The van der Waals surface area contributed by atoms with Crippen molar-refractivity contribution in [2.75, 3.05) is 44.9 Å². The molecule has 4 aliphatic rings. The highest BCUT2D eigenvalue weighted by Crippen LogP contribution is 2.48. The average Bonchev–Trinajstić information content (AvgIpc) is 3.87. The molecule has 17 heteroatoms. The van der Waals surface area contributed by atoms with Crippen molar-refractivity contribution in [3.63, 3.8) is 0 Å². The molecule has 1 aromatic heterocycles. The molecule has 0 aliphatic carbocycles. The first-order chi connectivity index (χ1) is 31.8. The Morgan fingerprint density at radius 3 is 2.30 bits per heavy atom. The van der Waals surface area contributed by atoms with Gasteiger partial charge in [0, 0.05) is 25.6 Å². The quantitative estimate of drug-likeness (QED) is 0.0704. The number of hydrogen-bond donors (Lipinski definition) is 4. The lowest BCUT2D eigenvalue weighted by molar-refractivity contribution is -0.142. The average molecular weight is 962 g/mol. The maximum atomic E-state index is 14.4. The van der Waals surface area contributed by atoms with Crippen molar-refractivity contribution in [3.8, 4) is 0 Å². The number of carbonyl (C=O) groups is 3. The van der Waals surface area contributed by atoms with E-state index >= 15 is 0 Å². The smallest absolute Gasteiger partial charge is 0.246 e. The predicted molar refractivity (Wildman–Crippen MR) is 267 cm³/mol. The van der Waals surface area contributed by atoms with Gasteiger partial charge in [-0.25, -0.2) is 0 Å². The molecular weight excluding hydrogens is 891 g/mol. The Morgan fingerprint density at radius 1 is 0.909 bits per heavy atom. The minimum atomic E-state index is -0.662. The Kier molecular flexibility index (Phi) is 17.6. The third-order valence-electron chi connectivity index (χ3n) is 13.7. The number of nitrogens with one attached hydrogen (secondary N) is 4. The Balaban J connectivity index is 0.889. The van der Waals surface area contributed by atoms with Crippen molar-refractivity contribution >= 4 is 58.5 Å². The van der Waals surface area contributed by atoms with Gasteiger partial charge in [0.1, 0.15) is 17.8 Å². The van der Waals surface area contributed by atoms with E-state index in [2.05, 4.69) is 88.4 Å². The van der Waals surface area contributed by atoms with Crippen LogP contribution in [0.5, 0.6) is 0 Å². The van der Waals surface area contributed by atoms with Crippen molar-refractivity contribution in [3.05, 3.63) is 83.7 Å². The number of benzene rings is 2. The number of thioether (sulfide) groups is 2. The zero-order valence-electron chi connectivity index (χ0n) is 39.6. The van der Waals surface area contributed by atoms with Crippen LogP contribution < -0.4 is 21.3 Å². The SMILES string of the molecule is CN[C@@H](C)C(=S)N[C@H]1CCSC2CC(C)(C)[C@@H](C(=O)N[C@H](COCc3cn(CCCOC[C@@H](NCC[C@H]4N5C(=O)CCCS[C@H]5CC4(C)C)c4ccccc4)nn3)c3ccccc3)N2C1=O. The van der Waals surface area contributed by atoms with Crippen LogP contribution in [-0.2, 0) is 37.0 Å². The maximum absolute atomic E-state index is 14.4. The molecule has 0 saturated carbocycles. The topological polar surface area (TPSA) is 155 Å². The van der Waals surface area contributed by atoms with Crippen LogP contribution in [0.15, 0.2) is 66.9 Å². The standard InChI is InChI=1S/C49H71N9O5S3/c1-33(50-6)46(64)53-37-21-26-66-43-28-49(4,5)44(58(43)47(37)61)45(60)52-39(35-17-11-8-12-18-35)32-63-30-36-29-56(55-54-36)23-14-24-62-31-38(34-15-9-7-10-16-34)51-22-20-40-48(2,3)27-42-57(40)41(59)19-13-25-65-42/h7-12,15-18,29,33,37-40,42-44,50-51H,13-14,19-28,30-32H2,1-6H3,(H,52,60)(H,53,64)/t33-,37-,38+,39+,40+,42-,43?,44+/m0/s1. The third kappa shape index (κ3) is 12.5. The lowest BCUT2D eigenvalue weighted by atomic mass is 9.83. The monoisotopic (exact) mass is 961 g/mol. The summed E-state index contributed by atoms with van der Waals surface area (Å²) in [5.74, 6) is 1.88. The molecule has 3 aromatic rings. The van der Waals surface area contributed by atoms with Gasteiger partial charge in [0.05, 0.1) is 59.9 Å². The zero-order valence-corrected chi connectivity index (χ0v) is 42.0. The molecule has 1 unspecified atom stereocenters. The van der Waals surface area contributed by atoms with Crippen LogP contribution >= 0.6 is 35.7 Å². The molecule has 2 aromatic carbocycles. The number of nitrogens with zero attached hydrogens (tertiary/aromatic N) is 5. The second-order valence-electron chi connectivity index (χ2n) is 19.6. The Labute approximate surface area is 405 Å². The predicted octanol–water partition coefficient (Wildman–Crippen LogP) is 6.24. The number of carbonyl (C=O) groups excluding carboxylic acids is 3. The summed E-state index contributed by atoms with van der Waals surface area (Å²) in [6, 6.07) is 18.8. The number of aromatic nitrogens is 3. The van der Waals surface area contributed by atoms with Gasteiger partial charge in [-0.1, -0.05) is 106 Å². The van der Waals surface area contributed by atoms with Crippen LogP contribution in [0.3, 0.4) is 0 Å². The van der Waals surface area contributed by atoms with E-state index in [1.54, 1.807) is 11.8 Å². The van der Waals surface area contributed by atoms with Gasteiger partial charge in [-0.05, 0) is 92.5 Å². The van der Waals surface area contributed by atoms with Gasteiger partial charge in [-0.15, -0.1) is 28.6 Å². The number of amides is 3. The van der Waals surface area contributed by atoms with Gasteiger partial charge in [0.25, 0.3) is 0 Å². The van der Waals surface area contributed by atoms with Gasteiger partial charge in [-0.2, -0.15) is 0 Å². The van der Waals surface area contributed by atoms with Gasteiger partial charge in [0.15, 0.2) is 0 Å². The van der Waals surface area contributed by atoms with Crippen LogP contribution in [0.2, 0.25) is 0 Å². The van der Waals surface area contributed by atoms with Crippen LogP contribution in [0.25, 0.3) is 0 Å². The van der Waals surface area contributed by atoms with E-state index in [1.165, 1.54) is 5.56 Å². The Bertz CT molecular complexity index is 2080. The minimum Gasteiger partial charge on any atom is -0.379 e. The summed E-state index contributed by atoms with van der Waals surface area (Å²) in [4.78, 5) is 46.4. The first kappa shape index (κ1) is 50.3. The fourth-order valence-corrected chi connectivity index (χ4v) is 13.3. The summed E-state index contributed by atoms with van der Waals surface area (Å²) >= 11 is 9.30. The van der Waals surface area contributed by atoms with E-state index in [9.17, 15) is 14.4 Å². The molecule has 4 saturated heterocycles.